The molecule has 0 radical (unpaired) electrons. The van der Waals surface area contributed by atoms with E-state index in [4.69, 9.17) is 28.9 Å². The molecule has 4 rings (SSSR count). The first-order valence-corrected chi connectivity index (χ1v) is 12.1. The molecular formula is C26H31Cl4N3O2. The smallest absolute Gasteiger partial charge is 0.166 e. The Balaban J connectivity index is 0.00000216. The van der Waals surface area contributed by atoms with Crippen LogP contribution in [-0.4, -0.2) is 28.0 Å². The van der Waals surface area contributed by atoms with E-state index in [1.165, 1.54) is 0 Å². The number of nitrogens with zero attached hydrogens (tertiary/aromatic N) is 1. The van der Waals surface area contributed by atoms with Gasteiger partial charge in [0.2, 0.25) is 0 Å². The fourth-order valence-corrected chi connectivity index (χ4v) is 4.91. The first-order valence-electron chi connectivity index (χ1n) is 11.4. The minimum atomic E-state index is -0.135. The highest BCUT2D eigenvalue weighted by atomic mass is 35.5. The normalized spacial score (nSPS) is 17.5. The molecule has 1 heterocycles. The maximum absolute atomic E-state index is 13.1. The van der Waals surface area contributed by atoms with E-state index in [0.717, 1.165) is 53.4 Å². The van der Waals surface area contributed by atoms with Gasteiger partial charge in [0.15, 0.2) is 11.5 Å². The Hall–Kier alpha value is -1.76. The van der Waals surface area contributed by atoms with Gasteiger partial charge in [-0.25, -0.2) is 0 Å². The number of hydrogen-bond acceptors (Lipinski definition) is 5. The monoisotopic (exact) mass is 557 g/mol. The highest BCUT2D eigenvalue weighted by molar-refractivity contribution is 6.37. The average Bonchev–Trinajstić information content (AvgIpc) is 2.78. The molecule has 0 bridgehead atoms. The minimum absolute atomic E-state index is 0. The second kappa shape index (κ2) is 12.5. The molecule has 0 unspecified atom stereocenters. The molecule has 0 atom stereocenters. The number of nitrogens with one attached hydrogen (secondary N) is 1. The Kier molecular flexibility index (Phi) is 10.5. The molecule has 3 aromatic rings. The Morgan fingerprint density at radius 1 is 1.09 bits per heavy atom. The lowest BCUT2D eigenvalue weighted by Crippen LogP contribution is -2.33. The Labute approximate surface area is 228 Å². The van der Waals surface area contributed by atoms with Gasteiger partial charge in [-0.15, -0.1) is 24.8 Å². The summed E-state index contributed by atoms with van der Waals surface area (Å²) in [4.78, 5) is 17.7. The summed E-state index contributed by atoms with van der Waals surface area (Å²) in [5, 5.41) is 14.9. The number of anilines is 1. The summed E-state index contributed by atoms with van der Waals surface area (Å²) in [6.45, 7) is 4.08. The van der Waals surface area contributed by atoms with Crippen LogP contribution in [0.3, 0.4) is 0 Å². The molecule has 4 N–H and O–H groups in total. The summed E-state index contributed by atoms with van der Waals surface area (Å²) < 4.78 is 0. The Bertz CT molecular complexity index is 1170. The second-order valence-electron chi connectivity index (χ2n) is 9.34. The molecule has 2 aromatic carbocycles. The summed E-state index contributed by atoms with van der Waals surface area (Å²) in [5.41, 5.74) is 9.98. The number of ketones is 1. The fourth-order valence-electron chi connectivity index (χ4n) is 4.42. The summed E-state index contributed by atoms with van der Waals surface area (Å²) >= 11 is 12.3. The van der Waals surface area contributed by atoms with Crippen molar-refractivity contribution in [3.63, 3.8) is 0 Å². The number of phenolic OH excluding ortho intramolecular Hbond substituents is 1. The van der Waals surface area contributed by atoms with Crippen molar-refractivity contribution in [1.29, 1.82) is 0 Å². The van der Waals surface area contributed by atoms with Crippen molar-refractivity contribution in [3.05, 3.63) is 52.1 Å². The van der Waals surface area contributed by atoms with Crippen LogP contribution in [0.1, 0.15) is 56.3 Å². The highest BCUT2D eigenvalue weighted by Gasteiger charge is 2.23. The second-order valence-corrected chi connectivity index (χ2v) is 10.2. The van der Waals surface area contributed by atoms with E-state index in [1.807, 2.05) is 32.0 Å². The van der Waals surface area contributed by atoms with Gasteiger partial charge in [0.25, 0.3) is 0 Å². The molecule has 0 amide bonds. The topological polar surface area (TPSA) is 88.2 Å². The fraction of sp³-hybridized carbons (Fsp3) is 0.385. The van der Waals surface area contributed by atoms with Gasteiger partial charge >= 0.3 is 0 Å². The molecule has 0 saturated heterocycles. The standard InChI is InChI=1S/C26H29Cl2N3O2.2ClH/c1-14(2)9-24(32)20-13-30-23-8-3-15(16-11-21(27)26(33)22(28)12-16)10-19(23)25(20)31-18-6-4-17(29)5-7-18;;/h3,8,10-14,17-18,33H,4-7,9,29H2,1-2H3,(H,30,31);2*1H. The third kappa shape index (κ3) is 6.72. The minimum Gasteiger partial charge on any atom is -0.505 e. The van der Waals surface area contributed by atoms with Crippen LogP contribution < -0.4 is 11.1 Å². The zero-order valence-electron chi connectivity index (χ0n) is 19.7. The molecule has 1 aliphatic carbocycles. The highest BCUT2D eigenvalue weighted by Crippen LogP contribution is 2.38. The van der Waals surface area contributed by atoms with Gasteiger partial charge in [0, 0.05) is 30.1 Å². The zero-order chi connectivity index (χ0) is 23.7. The Morgan fingerprint density at radius 3 is 2.31 bits per heavy atom. The number of halogens is 4. The van der Waals surface area contributed by atoms with Gasteiger partial charge in [0.05, 0.1) is 26.8 Å². The van der Waals surface area contributed by atoms with Crippen LogP contribution in [0.4, 0.5) is 5.69 Å². The molecule has 1 aromatic heterocycles. The van der Waals surface area contributed by atoms with Crippen LogP contribution in [0, 0.1) is 5.92 Å². The van der Waals surface area contributed by atoms with Crippen molar-refractivity contribution in [2.24, 2.45) is 11.7 Å². The number of rotatable bonds is 6. The SMILES string of the molecule is CC(C)CC(=O)c1cnc2ccc(-c3cc(Cl)c(O)c(Cl)c3)cc2c1NC1CCC(N)CC1.Cl.Cl. The number of carbonyl (C=O) groups is 1. The lowest BCUT2D eigenvalue weighted by molar-refractivity contribution is 0.0968. The molecule has 1 saturated carbocycles. The van der Waals surface area contributed by atoms with Crippen LogP contribution in [0.5, 0.6) is 5.75 Å². The van der Waals surface area contributed by atoms with E-state index >= 15 is 0 Å². The predicted octanol–water partition coefficient (Wildman–Crippen LogP) is 7.67. The van der Waals surface area contributed by atoms with Crippen LogP contribution in [0.25, 0.3) is 22.0 Å². The van der Waals surface area contributed by atoms with Crippen molar-refractivity contribution in [2.45, 2.75) is 58.0 Å². The molecular weight excluding hydrogens is 528 g/mol. The van der Waals surface area contributed by atoms with Gasteiger partial charge in [-0.3, -0.25) is 9.78 Å². The maximum atomic E-state index is 13.1. The number of pyridine rings is 1. The summed E-state index contributed by atoms with van der Waals surface area (Å²) in [5.74, 6) is 0.195. The third-order valence-electron chi connectivity index (χ3n) is 6.23. The first-order chi connectivity index (χ1) is 15.7. The lowest BCUT2D eigenvalue weighted by Gasteiger charge is -2.29. The van der Waals surface area contributed by atoms with Crippen molar-refractivity contribution in [2.75, 3.05) is 5.32 Å². The van der Waals surface area contributed by atoms with E-state index in [-0.39, 0.29) is 64.4 Å². The molecule has 1 aliphatic rings. The Morgan fingerprint density at radius 2 is 1.71 bits per heavy atom. The number of hydrogen-bond donors (Lipinski definition) is 3. The summed E-state index contributed by atoms with van der Waals surface area (Å²) in [6, 6.07) is 9.73. The predicted molar refractivity (Wildman–Crippen MR) is 151 cm³/mol. The van der Waals surface area contributed by atoms with E-state index in [1.54, 1.807) is 18.3 Å². The van der Waals surface area contributed by atoms with Crippen LogP contribution >= 0.6 is 48.0 Å². The number of nitrogens with two attached hydrogens (primary N) is 1. The number of fused-ring (bicyclic) bond motifs is 1. The molecule has 35 heavy (non-hydrogen) atoms. The lowest BCUT2D eigenvalue weighted by atomic mass is 9.90. The largest absolute Gasteiger partial charge is 0.505 e. The molecule has 1 fully saturated rings. The van der Waals surface area contributed by atoms with E-state index < -0.39 is 0 Å². The van der Waals surface area contributed by atoms with E-state index in [0.29, 0.717) is 12.0 Å². The van der Waals surface area contributed by atoms with Crippen molar-refractivity contribution in [1.82, 2.24) is 4.98 Å². The average molecular weight is 559 g/mol. The van der Waals surface area contributed by atoms with E-state index in [2.05, 4.69) is 10.3 Å². The molecule has 5 nitrogen and oxygen atoms in total. The van der Waals surface area contributed by atoms with Crippen molar-refractivity contribution in [3.8, 4) is 16.9 Å². The number of aromatic hydroxyl groups is 1. The number of benzene rings is 2. The van der Waals surface area contributed by atoms with Crippen LogP contribution in [0.15, 0.2) is 36.5 Å². The van der Waals surface area contributed by atoms with Gasteiger partial charge < -0.3 is 16.2 Å². The summed E-state index contributed by atoms with van der Waals surface area (Å²) in [7, 11) is 0. The first kappa shape index (κ1) is 29.5. The van der Waals surface area contributed by atoms with Gasteiger partial charge in [-0.1, -0.05) is 43.1 Å². The van der Waals surface area contributed by atoms with Gasteiger partial charge in [-0.2, -0.15) is 0 Å². The number of phenols is 1. The van der Waals surface area contributed by atoms with E-state index in [9.17, 15) is 9.90 Å². The maximum Gasteiger partial charge on any atom is 0.166 e. The molecule has 9 heteroatoms. The summed E-state index contributed by atoms with van der Waals surface area (Å²) in [6.07, 6.45) is 6.01. The molecule has 0 aliphatic heterocycles. The molecule has 0 spiro atoms. The van der Waals surface area contributed by atoms with Gasteiger partial charge in [0.1, 0.15) is 0 Å². The number of aromatic nitrogens is 1. The third-order valence-corrected chi connectivity index (χ3v) is 6.81. The van der Waals surface area contributed by atoms with Crippen molar-refractivity contribution >= 4 is 70.4 Å². The molecule has 190 valence electrons. The zero-order valence-corrected chi connectivity index (χ0v) is 22.8. The van der Waals surface area contributed by atoms with Crippen LogP contribution in [-0.2, 0) is 0 Å². The van der Waals surface area contributed by atoms with Crippen molar-refractivity contribution < 1.29 is 9.90 Å². The quantitative estimate of drug-likeness (QED) is 0.270. The van der Waals surface area contributed by atoms with Crippen LogP contribution in [0.2, 0.25) is 10.0 Å². The number of Topliss-reactive ketones (excluding diaryl/α,β-unsaturated/α-hetero) is 1. The number of carbonyl (C=O) groups excluding carboxylic acids is 1. The van der Waals surface area contributed by atoms with Gasteiger partial charge in [-0.05, 0) is 67.0 Å².